The lowest BCUT2D eigenvalue weighted by molar-refractivity contribution is 1.65. The first-order valence-corrected chi connectivity index (χ1v) is 18.7. The van der Waals surface area contributed by atoms with Gasteiger partial charge in [-0.1, -0.05) is 140 Å². The van der Waals surface area contributed by atoms with E-state index in [9.17, 15) is 0 Å². The minimum atomic E-state index is 1.24. The Hall–Kier alpha value is -5.80. The summed E-state index contributed by atoms with van der Waals surface area (Å²) in [6.07, 6.45) is 0. The van der Waals surface area contributed by atoms with Gasteiger partial charge in [-0.3, -0.25) is 0 Å². The Morgan fingerprint density at radius 1 is 0.280 bits per heavy atom. The summed E-state index contributed by atoms with van der Waals surface area (Å²) in [6, 6.07) is 63.1. The third-order valence-corrected chi connectivity index (χ3v) is 12.7. The number of thiophene rings is 2. The van der Waals surface area contributed by atoms with E-state index in [0.717, 1.165) is 0 Å². The molecule has 0 saturated carbocycles. The van der Waals surface area contributed by atoms with E-state index in [2.05, 4.69) is 170 Å². The molecule has 0 spiro atoms. The first-order chi connectivity index (χ1) is 24.8. The lowest BCUT2D eigenvalue weighted by atomic mass is 9.85. The Labute approximate surface area is 297 Å². The molecule has 0 unspecified atom stereocenters. The van der Waals surface area contributed by atoms with Gasteiger partial charge in [0, 0.05) is 45.9 Å². The van der Waals surface area contributed by atoms with E-state index in [4.69, 9.17) is 0 Å². The van der Waals surface area contributed by atoms with Crippen LogP contribution in [0.25, 0.3) is 106 Å². The Morgan fingerprint density at radius 2 is 0.800 bits per heavy atom. The van der Waals surface area contributed by atoms with Gasteiger partial charge in [0.2, 0.25) is 0 Å². The number of hydrogen-bond donors (Lipinski definition) is 0. The summed E-state index contributed by atoms with van der Waals surface area (Å²) in [5, 5.41) is 13.0. The van der Waals surface area contributed by atoms with Crippen LogP contribution in [0.4, 0.5) is 0 Å². The number of rotatable bonds is 3. The topological polar surface area (TPSA) is 0 Å². The molecule has 0 saturated heterocycles. The van der Waals surface area contributed by atoms with Gasteiger partial charge in [0.15, 0.2) is 0 Å². The van der Waals surface area contributed by atoms with Crippen molar-refractivity contribution in [3.8, 4) is 33.4 Å². The Kier molecular flexibility index (Phi) is 6.09. The first kappa shape index (κ1) is 28.1. The van der Waals surface area contributed by atoms with Crippen molar-refractivity contribution in [3.63, 3.8) is 0 Å². The second-order valence-electron chi connectivity index (χ2n) is 13.2. The van der Waals surface area contributed by atoms with Crippen LogP contribution >= 0.6 is 22.7 Å². The molecule has 50 heavy (non-hydrogen) atoms. The molecule has 0 aliphatic rings. The quantitative estimate of drug-likeness (QED) is 0.164. The van der Waals surface area contributed by atoms with Crippen LogP contribution in [0.15, 0.2) is 170 Å². The summed E-state index contributed by atoms with van der Waals surface area (Å²) in [5.41, 5.74) is 7.69. The van der Waals surface area contributed by atoms with E-state index in [0.29, 0.717) is 0 Å². The molecule has 0 bridgehead atoms. The molecule has 232 valence electrons. The first-order valence-electron chi connectivity index (χ1n) is 17.1. The minimum Gasteiger partial charge on any atom is -0.135 e. The number of hydrogen-bond acceptors (Lipinski definition) is 2. The zero-order chi connectivity index (χ0) is 32.8. The fraction of sp³-hybridized carbons (Fsp3) is 0. The normalized spacial score (nSPS) is 12.0. The van der Waals surface area contributed by atoms with Crippen molar-refractivity contribution in [3.05, 3.63) is 170 Å². The van der Waals surface area contributed by atoms with Gasteiger partial charge >= 0.3 is 0 Å². The smallest absolute Gasteiger partial charge is 0.0441 e. The van der Waals surface area contributed by atoms with Crippen molar-refractivity contribution in [2.45, 2.75) is 0 Å². The van der Waals surface area contributed by atoms with Gasteiger partial charge in [0.25, 0.3) is 0 Å². The highest BCUT2D eigenvalue weighted by Crippen LogP contribution is 2.50. The molecule has 0 nitrogen and oxygen atoms in total. The molecular formula is C48H28S2. The molecular weight excluding hydrogens is 641 g/mol. The van der Waals surface area contributed by atoms with Gasteiger partial charge in [0.1, 0.15) is 0 Å². The predicted octanol–water partition coefficient (Wildman–Crippen LogP) is 14.9. The second-order valence-corrected chi connectivity index (χ2v) is 15.3. The maximum Gasteiger partial charge on any atom is 0.0441 e. The molecule has 0 N–H and O–H groups in total. The summed E-state index contributed by atoms with van der Waals surface area (Å²) in [5.74, 6) is 0. The summed E-state index contributed by atoms with van der Waals surface area (Å²) < 4.78 is 5.38. The van der Waals surface area contributed by atoms with Crippen LogP contribution in [0.3, 0.4) is 0 Å². The molecule has 11 aromatic rings. The molecule has 0 amide bonds. The van der Waals surface area contributed by atoms with Crippen LogP contribution in [0.5, 0.6) is 0 Å². The molecule has 0 atom stereocenters. The monoisotopic (exact) mass is 668 g/mol. The standard InChI is InChI=1S/C48H28S2/c1-2-13-30-26-33(25-24-29(30)12-1)45-37-19-5-3-17-35(37)44(36-18-4-6-20-38(36)45)31-14-11-15-32(27-31)46-47-39-21-8-10-23-42(39)49-43(47)28-40-34-16-7-9-22-41(34)50-48(40)46/h1-28H. The van der Waals surface area contributed by atoms with Gasteiger partial charge < -0.3 is 0 Å². The van der Waals surface area contributed by atoms with E-state index >= 15 is 0 Å². The zero-order valence-electron chi connectivity index (χ0n) is 27.0. The molecule has 0 fully saturated rings. The summed E-state index contributed by atoms with van der Waals surface area (Å²) in [7, 11) is 0. The van der Waals surface area contributed by atoms with Crippen LogP contribution < -0.4 is 0 Å². The molecule has 2 heterocycles. The third-order valence-electron chi connectivity index (χ3n) is 10.4. The van der Waals surface area contributed by atoms with Gasteiger partial charge in [-0.15, -0.1) is 22.7 Å². The summed E-state index contributed by atoms with van der Waals surface area (Å²) in [6.45, 7) is 0. The molecule has 11 rings (SSSR count). The van der Waals surface area contributed by atoms with Gasteiger partial charge in [-0.05, 0) is 90.5 Å². The van der Waals surface area contributed by atoms with Crippen LogP contribution in [0.2, 0.25) is 0 Å². The highest BCUT2D eigenvalue weighted by Gasteiger charge is 2.21. The lowest BCUT2D eigenvalue weighted by Gasteiger charge is -2.18. The fourth-order valence-electron chi connectivity index (χ4n) is 8.26. The lowest BCUT2D eigenvalue weighted by Crippen LogP contribution is -1.91. The SMILES string of the molecule is c1cc(-c2c3ccccc3c(-c3ccc4ccccc4c3)c3ccccc23)cc(-c2c3sc4ccccc4c3cc3sc4ccccc4c23)c1. The van der Waals surface area contributed by atoms with E-state index in [1.807, 2.05) is 22.7 Å². The fourth-order valence-corrected chi connectivity index (χ4v) is 10.7. The van der Waals surface area contributed by atoms with Crippen molar-refractivity contribution in [1.29, 1.82) is 0 Å². The third kappa shape index (κ3) is 4.10. The molecule has 0 aliphatic carbocycles. The predicted molar refractivity (Wildman–Crippen MR) is 221 cm³/mol. The Balaban J connectivity index is 1.22. The van der Waals surface area contributed by atoms with Gasteiger partial charge in [-0.2, -0.15) is 0 Å². The van der Waals surface area contributed by atoms with Crippen LogP contribution in [-0.4, -0.2) is 0 Å². The highest BCUT2D eigenvalue weighted by molar-refractivity contribution is 7.28. The van der Waals surface area contributed by atoms with Crippen LogP contribution in [-0.2, 0) is 0 Å². The second kappa shape index (κ2) is 10.9. The van der Waals surface area contributed by atoms with E-state index < -0.39 is 0 Å². The largest absolute Gasteiger partial charge is 0.135 e. The maximum atomic E-state index is 2.45. The number of fused-ring (bicyclic) bond motifs is 9. The van der Waals surface area contributed by atoms with E-state index in [1.165, 1.54) is 106 Å². The van der Waals surface area contributed by atoms with Crippen molar-refractivity contribution < 1.29 is 0 Å². The minimum absolute atomic E-state index is 1.24. The average molecular weight is 669 g/mol. The van der Waals surface area contributed by atoms with Gasteiger partial charge in [0.05, 0.1) is 0 Å². The molecule has 0 aliphatic heterocycles. The van der Waals surface area contributed by atoms with Crippen molar-refractivity contribution in [2.75, 3.05) is 0 Å². The Morgan fingerprint density at radius 3 is 1.48 bits per heavy atom. The molecule has 9 aromatic carbocycles. The summed E-state index contributed by atoms with van der Waals surface area (Å²) in [4.78, 5) is 0. The highest BCUT2D eigenvalue weighted by atomic mass is 32.1. The average Bonchev–Trinajstić information content (AvgIpc) is 3.74. The molecule has 2 aromatic heterocycles. The molecule has 2 heteroatoms. The maximum absolute atomic E-state index is 2.45. The van der Waals surface area contributed by atoms with Crippen molar-refractivity contribution in [1.82, 2.24) is 0 Å². The van der Waals surface area contributed by atoms with Crippen molar-refractivity contribution >= 4 is 95.3 Å². The number of benzene rings is 9. The van der Waals surface area contributed by atoms with Gasteiger partial charge in [-0.25, -0.2) is 0 Å². The Bertz CT molecular complexity index is 3090. The van der Waals surface area contributed by atoms with Crippen LogP contribution in [0, 0.1) is 0 Å². The van der Waals surface area contributed by atoms with Crippen molar-refractivity contribution in [2.24, 2.45) is 0 Å². The van der Waals surface area contributed by atoms with Crippen LogP contribution in [0.1, 0.15) is 0 Å². The van der Waals surface area contributed by atoms with E-state index in [-0.39, 0.29) is 0 Å². The summed E-state index contributed by atoms with van der Waals surface area (Å²) >= 11 is 3.83. The zero-order valence-corrected chi connectivity index (χ0v) is 28.6. The molecule has 0 radical (unpaired) electrons. The van der Waals surface area contributed by atoms with E-state index in [1.54, 1.807) is 0 Å².